The number of rotatable bonds is 3. The molecule has 0 spiro atoms. The molecule has 0 unspecified atom stereocenters. The molecule has 1 saturated heterocycles. The highest BCUT2D eigenvalue weighted by molar-refractivity contribution is 5.84. The van der Waals surface area contributed by atoms with Gasteiger partial charge in [0.2, 0.25) is 0 Å². The van der Waals surface area contributed by atoms with Gasteiger partial charge in [-0.1, -0.05) is 19.3 Å². The van der Waals surface area contributed by atoms with E-state index in [4.69, 9.17) is 9.72 Å². The zero-order valence-corrected chi connectivity index (χ0v) is 15.8. The van der Waals surface area contributed by atoms with Gasteiger partial charge in [0.25, 0.3) is 0 Å². The van der Waals surface area contributed by atoms with Crippen molar-refractivity contribution < 1.29 is 4.74 Å². The van der Waals surface area contributed by atoms with Crippen molar-refractivity contribution in [2.75, 3.05) is 31.2 Å². The number of nitrogens with one attached hydrogen (secondary N) is 1. The molecule has 0 atom stereocenters. The molecule has 4 heterocycles. The van der Waals surface area contributed by atoms with E-state index in [0.717, 1.165) is 67.0 Å². The monoisotopic (exact) mass is 377 g/mol. The Morgan fingerprint density at radius 1 is 1.18 bits per heavy atom. The van der Waals surface area contributed by atoms with Crippen molar-refractivity contribution in [1.82, 2.24) is 25.0 Å². The first kappa shape index (κ1) is 17.2. The van der Waals surface area contributed by atoms with Gasteiger partial charge in [-0.2, -0.15) is 20.1 Å². The zero-order chi connectivity index (χ0) is 19.0. The van der Waals surface area contributed by atoms with Gasteiger partial charge in [0.15, 0.2) is 11.5 Å². The molecule has 1 N–H and O–H groups in total. The lowest BCUT2D eigenvalue weighted by molar-refractivity contribution is 0.122. The number of pyridine rings is 1. The summed E-state index contributed by atoms with van der Waals surface area (Å²) in [6.07, 6.45) is 8.68. The Labute approximate surface area is 163 Å². The van der Waals surface area contributed by atoms with E-state index in [1.165, 1.54) is 6.42 Å². The molecule has 1 saturated carbocycles. The summed E-state index contributed by atoms with van der Waals surface area (Å²) in [6.45, 7) is 2.99. The second-order valence-corrected chi connectivity index (χ2v) is 7.62. The van der Waals surface area contributed by atoms with Gasteiger partial charge in [0.05, 0.1) is 37.1 Å². The lowest BCUT2D eigenvalue weighted by Crippen LogP contribution is -2.37. The van der Waals surface area contributed by atoms with Crippen LogP contribution in [0.25, 0.3) is 16.9 Å². The van der Waals surface area contributed by atoms with Gasteiger partial charge in [0.1, 0.15) is 5.82 Å². The highest BCUT2D eigenvalue weighted by Gasteiger charge is 2.37. The van der Waals surface area contributed by atoms with Crippen LogP contribution < -0.4 is 4.90 Å². The standard InChI is InChI=1S/C20H23N7O/c21-14-20(5-2-1-3-6-20)16-12-18(26-8-10-28-11-9-26)24-19-15(16)13-23-27(19)17-4-7-22-25-17/h4,7,12-13H,1-3,5-6,8-11H2,(H,22,25). The first-order valence-corrected chi connectivity index (χ1v) is 9.94. The normalized spacial score (nSPS) is 19.6. The maximum atomic E-state index is 10.2. The number of anilines is 1. The molecule has 2 fully saturated rings. The highest BCUT2D eigenvalue weighted by atomic mass is 16.5. The number of aromatic nitrogens is 5. The van der Waals surface area contributed by atoms with Crippen LogP contribution in [0.5, 0.6) is 0 Å². The van der Waals surface area contributed by atoms with E-state index in [9.17, 15) is 5.26 Å². The Bertz CT molecular complexity index is 1010. The SMILES string of the molecule is N#CC1(c2cc(N3CCOCC3)nc3c2cnn3-c2ccn[nH]2)CCCCC1. The number of nitriles is 1. The molecule has 3 aromatic rings. The second-order valence-electron chi connectivity index (χ2n) is 7.62. The summed E-state index contributed by atoms with van der Waals surface area (Å²) in [6, 6.07) is 6.67. The molecule has 144 valence electrons. The molecule has 0 amide bonds. The predicted molar refractivity (Wildman–Crippen MR) is 104 cm³/mol. The molecule has 1 aliphatic carbocycles. The molecule has 0 bridgehead atoms. The summed E-state index contributed by atoms with van der Waals surface area (Å²) in [5.74, 6) is 1.66. The van der Waals surface area contributed by atoms with E-state index in [2.05, 4.69) is 32.3 Å². The molecular weight excluding hydrogens is 354 g/mol. The van der Waals surface area contributed by atoms with Crippen LogP contribution in [0.1, 0.15) is 37.7 Å². The van der Waals surface area contributed by atoms with E-state index in [1.54, 1.807) is 10.9 Å². The molecule has 1 aliphatic heterocycles. The van der Waals surface area contributed by atoms with Crippen LogP contribution in [0, 0.1) is 11.3 Å². The first-order chi connectivity index (χ1) is 13.8. The minimum absolute atomic E-state index is 0.470. The number of hydrogen-bond donors (Lipinski definition) is 1. The number of morpholine rings is 1. The van der Waals surface area contributed by atoms with Crippen LogP contribution in [-0.2, 0) is 10.2 Å². The van der Waals surface area contributed by atoms with Gasteiger partial charge in [-0.25, -0.2) is 4.98 Å². The summed E-state index contributed by atoms with van der Waals surface area (Å²) in [5, 5.41) is 22.7. The fraction of sp³-hybridized carbons (Fsp3) is 0.500. The Kier molecular flexibility index (Phi) is 4.24. The van der Waals surface area contributed by atoms with Crippen molar-refractivity contribution in [3.05, 3.63) is 30.1 Å². The molecule has 2 aliphatic rings. The third kappa shape index (κ3) is 2.74. The average molecular weight is 377 g/mol. The molecule has 0 aromatic carbocycles. The highest BCUT2D eigenvalue weighted by Crippen LogP contribution is 2.43. The fourth-order valence-electron chi connectivity index (χ4n) is 4.48. The number of hydrogen-bond acceptors (Lipinski definition) is 6. The molecule has 0 radical (unpaired) electrons. The van der Waals surface area contributed by atoms with Crippen molar-refractivity contribution in [3.63, 3.8) is 0 Å². The number of ether oxygens (including phenoxy) is 1. The largest absolute Gasteiger partial charge is 0.378 e. The smallest absolute Gasteiger partial charge is 0.167 e. The topological polar surface area (TPSA) is 95.7 Å². The van der Waals surface area contributed by atoms with Gasteiger partial charge in [-0.3, -0.25) is 5.10 Å². The van der Waals surface area contributed by atoms with Crippen molar-refractivity contribution in [1.29, 1.82) is 5.26 Å². The van der Waals surface area contributed by atoms with Crippen LogP contribution in [0.2, 0.25) is 0 Å². The van der Waals surface area contributed by atoms with Crippen molar-refractivity contribution in [3.8, 4) is 11.9 Å². The lowest BCUT2D eigenvalue weighted by Gasteiger charge is -2.33. The third-order valence-electron chi connectivity index (χ3n) is 6.01. The van der Waals surface area contributed by atoms with E-state index in [1.807, 2.05) is 12.3 Å². The lowest BCUT2D eigenvalue weighted by atomic mass is 9.70. The molecule has 3 aromatic heterocycles. The molecule has 28 heavy (non-hydrogen) atoms. The van der Waals surface area contributed by atoms with Gasteiger partial charge in [0, 0.05) is 24.5 Å². The van der Waals surface area contributed by atoms with Crippen LogP contribution in [0.4, 0.5) is 5.82 Å². The van der Waals surface area contributed by atoms with Crippen LogP contribution in [0.15, 0.2) is 24.5 Å². The van der Waals surface area contributed by atoms with Crippen LogP contribution in [0.3, 0.4) is 0 Å². The molecule has 5 rings (SSSR count). The van der Waals surface area contributed by atoms with Crippen molar-refractivity contribution in [2.45, 2.75) is 37.5 Å². The molecular formula is C20H23N7O. The minimum atomic E-state index is -0.470. The van der Waals surface area contributed by atoms with Crippen LogP contribution >= 0.6 is 0 Å². The van der Waals surface area contributed by atoms with Gasteiger partial charge in [-0.05, 0) is 24.5 Å². The zero-order valence-electron chi connectivity index (χ0n) is 15.8. The Morgan fingerprint density at radius 3 is 2.71 bits per heavy atom. The summed E-state index contributed by atoms with van der Waals surface area (Å²) in [5.41, 5.74) is 1.36. The van der Waals surface area contributed by atoms with Gasteiger partial charge < -0.3 is 9.64 Å². The number of fused-ring (bicyclic) bond motifs is 1. The van der Waals surface area contributed by atoms with E-state index in [0.29, 0.717) is 13.2 Å². The maximum Gasteiger partial charge on any atom is 0.167 e. The van der Waals surface area contributed by atoms with E-state index in [-0.39, 0.29) is 0 Å². The Balaban J connectivity index is 1.72. The van der Waals surface area contributed by atoms with Gasteiger partial charge in [-0.15, -0.1) is 0 Å². The average Bonchev–Trinajstić information content (AvgIpc) is 3.43. The summed E-state index contributed by atoms with van der Waals surface area (Å²) >= 11 is 0. The van der Waals surface area contributed by atoms with Crippen LogP contribution in [-0.4, -0.2) is 51.3 Å². The predicted octanol–water partition coefficient (Wildman–Crippen LogP) is 2.71. The Morgan fingerprint density at radius 2 is 2.00 bits per heavy atom. The van der Waals surface area contributed by atoms with Gasteiger partial charge >= 0.3 is 0 Å². The third-order valence-corrected chi connectivity index (χ3v) is 6.01. The molecule has 8 nitrogen and oxygen atoms in total. The maximum absolute atomic E-state index is 10.2. The Hall–Kier alpha value is -2.92. The summed E-state index contributed by atoms with van der Waals surface area (Å²) < 4.78 is 7.29. The van der Waals surface area contributed by atoms with Crippen molar-refractivity contribution in [2.24, 2.45) is 0 Å². The minimum Gasteiger partial charge on any atom is -0.378 e. The fourth-order valence-corrected chi connectivity index (χ4v) is 4.48. The number of aromatic amines is 1. The van der Waals surface area contributed by atoms with E-state index >= 15 is 0 Å². The quantitative estimate of drug-likeness (QED) is 0.754. The van der Waals surface area contributed by atoms with E-state index < -0.39 is 5.41 Å². The second kappa shape index (κ2) is 6.91. The summed E-state index contributed by atoms with van der Waals surface area (Å²) in [4.78, 5) is 7.19. The molecule has 8 heteroatoms. The number of nitrogens with zero attached hydrogens (tertiary/aromatic N) is 6. The number of H-pyrrole nitrogens is 1. The van der Waals surface area contributed by atoms with Crippen molar-refractivity contribution >= 4 is 16.9 Å². The first-order valence-electron chi connectivity index (χ1n) is 9.94. The summed E-state index contributed by atoms with van der Waals surface area (Å²) in [7, 11) is 0.